The molecule has 1 atom stereocenters. The molecule has 0 aromatic heterocycles. The number of amides is 2. The van der Waals surface area contributed by atoms with E-state index in [1.54, 1.807) is 7.11 Å². The number of aryl methyl sites for hydroxylation is 1. The highest BCUT2D eigenvalue weighted by Gasteiger charge is 2.15. The summed E-state index contributed by atoms with van der Waals surface area (Å²) in [6.45, 7) is 6.16. The van der Waals surface area contributed by atoms with Gasteiger partial charge in [-0.2, -0.15) is 0 Å². The minimum Gasteiger partial charge on any atom is -0.496 e. The third-order valence-electron chi connectivity index (χ3n) is 5.02. The molecule has 1 unspecified atom stereocenters. The van der Waals surface area contributed by atoms with Crippen molar-refractivity contribution in [3.63, 3.8) is 0 Å². The Morgan fingerprint density at radius 2 is 1.89 bits per heavy atom. The summed E-state index contributed by atoms with van der Waals surface area (Å²) in [6, 6.07) is 13.7. The van der Waals surface area contributed by atoms with E-state index < -0.39 is 0 Å². The number of benzene rings is 2. The van der Waals surface area contributed by atoms with Crippen molar-refractivity contribution in [1.82, 2.24) is 5.32 Å². The first-order chi connectivity index (χ1) is 13.1. The molecule has 5 heteroatoms. The van der Waals surface area contributed by atoms with Gasteiger partial charge in [-0.1, -0.05) is 23.8 Å². The molecule has 3 rings (SSSR count). The van der Waals surface area contributed by atoms with E-state index in [-0.39, 0.29) is 12.1 Å². The number of nitrogens with zero attached hydrogens (tertiary/aromatic N) is 1. The average Bonchev–Trinajstić information content (AvgIpc) is 2.68. The highest BCUT2D eigenvalue weighted by Crippen LogP contribution is 2.26. The van der Waals surface area contributed by atoms with Gasteiger partial charge >= 0.3 is 6.03 Å². The third-order valence-corrected chi connectivity index (χ3v) is 5.02. The molecule has 1 aliphatic rings. The number of hydrogen-bond acceptors (Lipinski definition) is 3. The van der Waals surface area contributed by atoms with E-state index >= 15 is 0 Å². The molecular formula is C22H29N3O2. The van der Waals surface area contributed by atoms with Crippen LogP contribution in [0.3, 0.4) is 0 Å². The summed E-state index contributed by atoms with van der Waals surface area (Å²) in [7, 11) is 1.65. The van der Waals surface area contributed by atoms with Crippen LogP contribution in [0.15, 0.2) is 42.5 Å². The molecule has 0 bridgehead atoms. The number of urea groups is 1. The second kappa shape index (κ2) is 8.80. The van der Waals surface area contributed by atoms with E-state index in [1.165, 1.54) is 24.9 Å². The number of carbonyl (C=O) groups excluding carboxylic acids is 1. The second-order valence-corrected chi connectivity index (χ2v) is 7.16. The van der Waals surface area contributed by atoms with Crippen molar-refractivity contribution in [2.75, 3.05) is 30.4 Å². The number of anilines is 2. The Morgan fingerprint density at radius 1 is 1.11 bits per heavy atom. The zero-order valence-corrected chi connectivity index (χ0v) is 16.4. The van der Waals surface area contributed by atoms with Gasteiger partial charge in [0.25, 0.3) is 0 Å². The molecule has 1 heterocycles. The van der Waals surface area contributed by atoms with Gasteiger partial charge in [0.1, 0.15) is 5.75 Å². The van der Waals surface area contributed by atoms with Crippen LogP contribution >= 0.6 is 0 Å². The number of rotatable bonds is 5. The maximum atomic E-state index is 12.5. The normalized spacial score (nSPS) is 15.1. The average molecular weight is 367 g/mol. The molecule has 0 radical (unpaired) electrons. The van der Waals surface area contributed by atoms with Crippen LogP contribution in [-0.2, 0) is 0 Å². The lowest BCUT2D eigenvalue weighted by Gasteiger charge is -2.29. The summed E-state index contributed by atoms with van der Waals surface area (Å²) < 4.78 is 5.43. The molecule has 1 fully saturated rings. The maximum absolute atomic E-state index is 12.5. The van der Waals surface area contributed by atoms with Gasteiger partial charge in [0.15, 0.2) is 0 Å². The number of carbonyl (C=O) groups is 1. The van der Waals surface area contributed by atoms with Gasteiger partial charge in [-0.05, 0) is 57.4 Å². The first kappa shape index (κ1) is 19.1. The summed E-state index contributed by atoms with van der Waals surface area (Å²) in [5, 5.41) is 5.96. The number of hydrogen-bond donors (Lipinski definition) is 2. The fourth-order valence-electron chi connectivity index (χ4n) is 3.57. The lowest BCUT2D eigenvalue weighted by atomic mass is 10.0. The Balaban J connectivity index is 1.64. The van der Waals surface area contributed by atoms with E-state index in [2.05, 4.69) is 21.6 Å². The Labute approximate surface area is 161 Å². The van der Waals surface area contributed by atoms with E-state index in [4.69, 9.17) is 4.74 Å². The van der Waals surface area contributed by atoms with Gasteiger partial charge in [-0.15, -0.1) is 0 Å². The van der Waals surface area contributed by atoms with Crippen LogP contribution in [0.2, 0.25) is 0 Å². The van der Waals surface area contributed by atoms with Crippen LogP contribution in [-0.4, -0.2) is 26.2 Å². The van der Waals surface area contributed by atoms with Gasteiger partial charge in [0.05, 0.1) is 13.2 Å². The van der Waals surface area contributed by atoms with Crippen LogP contribution in [0.4, 0.5) is 16.2 Å². The summed E-state index contributed by atoms with van der Waals surface area (Å²) in [4.78, 5) is 14.9. The summed E-state index contributed by atoms with van der Waals surface area (Å²) in [6.07, 6.45) is 3.76. The van der Waals surface area contributed by atoms with Crippen LogP contribution in [0, 0.1) is 6.92 Å². The van der Waals surface area contributed by atoms with Crippen molar-refractivity contribution in [1.29, 1.82) is 0 Å². The molecule has 2 aromatic rings. The topological polar surface area (TPSA) is 53.6 Å². The van der Waals surface area contributed by atoms with E-state index in [0.29, 0.717) is 0 Å². The highest BCUT2D eigenvalue weighted by molar-refractivity contribution is 5.90. The van der Waals surface area contributed by atoms with Crippen molar-refractivity contribution in [2.24, 2.45) is 0 Å². The van der Waals surface area contributed by atoms with Crippen LogP contribution in [0.5, 0.6) is 5.75 Å². The van der Waals surface area contributed by atoms with E-state index in [1.807, 2.05) is 50.2 Å². The molecule has 0 spiro atoms. The third kappa shape index (κ3) is 4.94. The van der Waals surface area contributed by atoms with Gasteiger partial charge in [0, 0.05) is 30.0 Å². The van der Waals surface area contributed by atoms with Crippen molar-refractivity contribution in [2.45, 2.75) is 39.2 Å². The molecule has 1 aliphatic heterocycles. The first-order valence-electron chi connectivity index (χ1n) is 9.64. The van der Waals surface area contributed by atoms with Crippen molar-refractivity contribution in [3.8, 4) is 5.75 Å². The maximum Gasteiger partial charge on any atom is 0.319 e. The zero-order valence-electron chi connectivity index (χ0n) is 16.4. The van der Waals surface area contributed by atoms with E-state index in [0.717, 1.165) is 35.7 Å². The fraction of sp³-hybridized carbons (Fsp3) is 0.409. The Kier molecular flexibility index (Phi) is 6.22. The van der Waals surface area contributed by atoms with Crippen LogP contribution in [0.1, 0.15) is 43.4 Å². The molecular weight excluding hydrogens is 338 g/mol. The fourth-order valence-corrected chi connectivity index (χ4v) is 3.57. The molecule has 27 heavy (non-hydrogen) atoms. The van der Waals surface area contributed by atoms with Crippen molar-refractivity contribution in [3.05, 3.63) is 53.6 Å². The Hall–Kier alpha value is -2.69. The number of methoxy groups -OCH3 is 1. The molecule has 5 nitrogen and oxygen atoms in total. The molecule has 2 N–H and O–H groups in total. The monoisotopic (exact) mass is 367 g/mol. The Morgan fingerprint density at radius 3 is 2.63 bits per heavy atom. The minimum absolute atomic E-state index is 0.162. The van der Waals surface area contributed by atoms with Crippen molar-refractivity contribution < 1.29 is 9.53 Å². The zero-order chi connectivity index (χ0) is 19.2. The largest absolute Gasteiger partial charge is 0.496 e. The SMILES string of the molecule is COc1ccc(C)cc1C(C)NC(=O)Nc1cccc(N2CCCCC2)c1. The standard InChI is InChI=1S/C22H29N3O2/c1-16-10-11-21(27-3)20(14-16)17(2)23-22(26)24-18-8-7-9-19(15-18)25-12-5-4-6-13-25/h7-11,14-15,17H,4-6,12-13H2,1-3H3,(H2,23,24,26). The quantitative estimate of drug-likeness (QED) is 0.792. The van der Waals surface area contributed by atoms with Gasteiger partial charge < -0.3 is 20.3 Å². The lowest BCUT2D eigenvalue weighted by molar-refractivity contribution is 0.249. The summed E-state index contributed by atoms with van der Waals surface area (Å²) >= 11 is 0. The number of ether oxygens (including phenoxy) is 1. The first-order valence-corrected chi connectivity index (χ1v) is 9.64. The number of piperidine rings is 1. The highest BCUT2D eigenvalue weighted by atomic mass is 16.5. The van der Waals surface area contributed by atoms with Crippen LogP contribution in [0.25, 0.3) is 0 Å². The smallest absolute Gasteiger partial charge is 0.319 e. The molecule has 1 saturated heterocycles. The lowest BCUT2D eigenvalue weighted by Crippen LogP contribution is -2.32. The Bertz CT molecular complexity index is 785. The molecule has 2 aromatic carbocycles. The summed E-state index contributed by atoms with van der Waals surface area (Å²) in [5.74, 6) is 0.778. The second-order valence-electron chi connectivity index (χ2n) is 7.16. The molecule has 0 saturated carbocycles. The predicted octanol–water partition coefficient (Wildman–Crippen LogP) is 4.88. The molecule has 0 aliphatic carbocycles. The minimum atomic E-state index is -0.221. The van der Waals surface area contributed by atoms with Gasteiger partial charge in [-0.3, -0.25) is 0 Å². The summed E-state index contributed by atoms with van der Waals surface area (Å²) in [5.41, 5.74) is 4.07. The van der Waals surface area contributed by atoms with Crippen molar-refractivity contribution >= 4 is 17.4 Å². The number of nitrogens with one attached hydrogen (secondary N) is 2. The van der Waals surface area contributed by atoms with Crippen LogP contribution < -0.4 is 20.3 Å². The predicted molar refractivity (Wildman–Crippen MR) is 111 cm³/mol. The van der Waals surface area contributed by atoms with Gasteiger partial charge in [-0.25, -0.2) is 4.79 Å². The van der Waals surface area contributed by atoms with E-state index in [9.17, 15) is 4.79 Å². The molecule has 2 amide bonds. The molecule has 144 valence electrons. The van der Waals surface area contributed by atoms with Gasteiger partial charge in [0.2, 0.25) is 0 Å².